The second kappa shape index (κ2) is 9.39. The minimum absolute atomic E-state index is 0.0738. The quantitative estimate of drug-likeness (QED) is 0.675. The number of carbonyl (C=O) groups is 1. The molecule has 1 saturated heterocycles. The van der Waals surface area contributed by atoms with Crippen LogP contribution in [0.2, 0.25) is 0 Å². The van der Waals surface area contributed by atoms with Gasteiger partial charge in [-0.3, -0.25) is 0 Å². The molecule has 2 atom stereocenters. The Morgan fingerprint density at radius 1 is 1.06 bits per heavy atom. The van der Waals surface area contributed by atoms with Crippen molar-refractivity contribution in [2.75, 3.05) is 26.2 Å². The molecule has 0 radical (unpaired) electrons. The van der Waals surface area contributed by atoms with Crippen molar-refractivity contribution in [1.29, 1.82) is 0 Å². The molecule has 0 spiro atoms. The largest absolute Gasteiger partial charge is 0.440 e. The fourth-order valence-corrected chi connectivity index (χ4v) is 4.38. The number of hydrogen-bond acceptors (Lipinski definition) is 4. The molecule has 2 fully saturated rings. The van der Waals surface area contributed by atoms with Gasteiger partial charge in [0, 0.05) is 38.1 Å². The maximum atomic E-state index is 12.7. The summed E-state index contributed by atoms with van der Waals surface area (Å²) in [7, 11) is 0. The molecule has 2 heterocycles. The number of amides is 2. The molecule has 166 valence electrons. The van der Waals surface area contributed by atoms with Gasteiger partial charge in [0.1, 0.15) is 5.75 Å². The number of carbonyl (C=O) groups excluding carboxylic acids is 1. The fraction of sp³-hybridized carbons (Fsp3) is 0.346. The molecular formula is C26H30N4O2. The summed E-state index contributed by atoms with van der Waals surface area (Å²) < 4.78 is 5.91. The lowest BCUT2D eigenvalue weighted by Gasteiger charge is -2.28. The summed E-state index contributed by atoms with van der Waals surface area (Å²) in [6, 6.07) is 18.9. The van der Waals surface area contributed by atoms with Crippen molar-refractivity contribution < 1.29 is 9.53 Å². The van der Waals surface area contributed by atoms with Crippen LogP contribution in [0.1, 0.15) is 36.3 Å². The average molecular weight is 431 g/mol. The Balaban J connectivity index is 1.12. The molecule has 1 aliphatic carbocycles. The molecule has 6 nitrogen and oxygen atoms in total. The highest BCUT2D eigenvalue weighted by Crippen LogP contribution is 2.40. The zero-order valence-electron chi connectivity index (χ0n) is 18.2. The van der Waals surface area contributed by atoms with Crippen LogP contribution in [-0.4, -0.2) is 43.2 Å². The monoisotopic (exact) mass is 430 g/mol. The lowest BCUT2D eigenvalue weighted by Crippen LogP contribution is -2.44. The lowest BCUT2D eigenvalue weighted by atomic mass is 10.0. The number of ether oxygens (including phenoxy) is 1. The van der Waals surface area contributed by atoms with Gasteiger partial charge in [-0.2, -0.15) is 0 Å². The van der Waals surface area contributed by atoms with E-state index in [1.54, 1.807) is 0 Å². The van der Waals surface area contributed by atoms with E-state index in [4.69, 9.17) is 4.74 Å². The molecule has 32 heavy (non-hydrogen) atoms. The van der Waals surface area contributed by atoms with Gasteiger partial charge in [-0.1, -0.05) is 54.1 Å². The Kier molecular flexibility index (Phi) is 6.01. The number of urea groups is 1. The molecule has 1 saturated carbocycles. The van der Waals surface area contributed by atoms with Crippen LogP contribution in [0.15, 0.2) is 72.3 Å². The van der Waals surface area contributed by atoms with Crippen molar-refractivity contribution >= 4 is 12.1 Å². The summed E-state index contributed by atoms with van der Waals surface area (Å²) in [6.45, 7) is 3.29. The van der Waals surface area contributed by atoms with Crippen molar-refractivity contribution in [1.82, 2.24) is 20.9 Å². The van der Waals surface area contributed by atoms with Crippen molar-refractivity contribution in [2.24, 2.45) is 0 Å². The van der Waals surface area contributed by atoms with Crippen molar-refractivity contribution in [2.45, 2.75) is 31.2 Å². The highest BCUT2D eigenvalue weighted by molar-refractivity contribution is 5.75. The summed E-state index contributed by atoms with van der Waals surface area (Å²) >= 11 is 0. The third-order valence-electron chi connectivity index (χ3n) is 6.28. The number of piperidine rings is 1. The SMILES string of the molecule is O=C(NC1CC1c1ccccc1)N1CCC(=Cc2cccc(OC3=CNCCN3)c2)CC1. The Morgan fingerprint density at radius 2 is 1.91 bits per heavy atom. The van der Waals surface area contributed by atoms with E-state index in [2.05, 4.69) is 58.4 Å². The summed E-state index contributed by atoms with van der Waals surface area (Å²) in [4.78, 5) is 14.6. The average Bonchev–Trinajstić information content (AvgIpc) is 3.60. The zero-order chi connectivity index (χ0) is 21.8. The molecule has 6 heteroatoms. The number of hydrogen-bond donors (Lipinski definition) is 3. The van der Waals surface area contributed by atoms with Crippen LogP contribution in [0, 0.1) is 0 Å². The molecule has 2 aromatic carbocycles. The third-order valence-corrected chi connectivity index (χ3v) is 6.28. The minimum atomic E-state index is 0.0738. The minimum Gasteiger partial charge on any atom is -0.440 e. The van der Waals surface area contributed by atoms with Crippen LogP contribution in [0.25, 0.3) is 6.08 Å². The zero-order valence-corrected chi connectivity index (χ0v) is 18.2. The molecule has 0 aromatic heterocycles. The predicted octanol–water partition coefficient (Wildman–Crippen LogP) is 3.80. The van der Waals surface area contributed by atoms with Gasteiger partial charge in [0.25, 0.3) is 0 Å². The number of likely N-dealkylation sites (tertiary alicyclic amines) is 1. The molecule has 2 unspecified atom stereocenters. The van der Waals surface area contributed by atoms with Crippen LogP contribution in [0.5, 0.6) is 5.75 Å². The highest BCUT2D eigenvalue weighted by atomic mass is 16.5. The first-order valence-electron chi connectivity index (χ1n) is 11.5. The van der Waals surface area contributed by atoms with Crippen molar-refractivity contribution in [3.63, 3.8) is 0 Å². The molecule has 2 aliphatic heterocycles. The second-order valence-corrected chi connectivity index (χ2v) is 8.66. The second-order valence-electron chi connectivity index (χ2n) is 8.66. The molecule has 5 rings (SSSR count). The van der Waals surface area contributed by atoms with E-state index in [9.17, 15) is 4.79 Å². The van der Waals surface area contributed by atoms with Gasteiger partial charge >= 0.3 is 6.03 Å². The summed E-state index contributed by atoms with van der Waals surface area (Å²) in [5.74, 6) is 2.02. The standard InChI is InChI=1S/C26H30N4O2/c31-26(29-24-17-23(24)21-6-2-1-3-7-21)30-13-9-19(10-14-30)15-20-5-4-8-22(16-20)32-25-18-27-11-12-28-25/h1-8,15-16,18,23-24,27-28H,9-14,17H2,(H,29,31). The number of benzene rings is 2. The van der Waals surface area contributed by atoms with E-state index in [0.29, 0.717) is 5.92 Å². The van der Waals surface area contributed by atoms with E-state index in [0.717, 1.165) is 62.6 Å². The molecule has 2 aromatic rings. The normalized spacial score (nSPS) is 22.2. The van der Waals surface area contributed by atoms with Crippen LogP contribution < -0.4 is 20.7 Å². The highest BCUT2D eigenvalue weighted by Gasteiger charge is 2.40. The van der Waals surface area contributed by atoms with Crippen molar-refractivity contribution in [3.05, 3.63) is 83.4 Å². The first-order chi connectivity index (χ1) is 15.7. The van der Waals surface area contributed by atoms with E-state index in [1.165, 1.54) is 11.1 Å². The van der Waals surface area contributed by atoms with E-state index >= 15 is 0 Å². The number of nitrogens with one attached hydrogen (secondary N) is 3. The molecule has 3 aliphatic rings. The lowest BCUT2D eigenvalue weighted by molar-refractivity contribution is 0.193. The van der Waals surface area contributed by atoms with Gasteiger partial charge < -0.3 is 25.6 Å². The Bertz CT molecular complexity index is 1010. The molecule has 3 N–H and O–H groups in total. The first kappa shape index (κ1) is 20.5. The Morgan fingerprint density at radius 3 is 2.69 bits per heavy atom. The predicted molar refractivity (Wildman–Crippen MR) is 126 cm³/mol. The van der Waals surface area contributed by atoms with Crippen LogP contribution in [-0.2, 0) is 0 Å². The molecule has 2 amide bonds. The Labute approximate surface area is 189 Å². The maximum Gasteiger partial charge on any atom is 0.317 e. The van der Waals surface area contributed by atoms with Gasteiger partial charge in [-0.25, -0.2) is 4.79 Å². The van der Waals surface area contributed by atoms with E-state index in [-0.39, 0.29) is 12.1 Å². The van der Waals surface area contributed by atoms with Gasteiger partial charge in [0.15, 0.2) is 0 Å². The number of nitrogens with zero attached hydrogens (tertiary/aromatic N) is 1. The fourth-order valence-electron chi connectivity index (χ4n) is 4.38. The number of rotatable bonds is 5. The van der Waals surface area contributed by atoms with Crippen LogP contribution in [0.3, 0.4) is 0 Å². The smallest absolute Gasteiger partial charge is 0.317 e. The maximum absolute atomic E-state index is 12.7. The van der Waals surface area contributed by atoms with Gasteiger partial charge in [-0.05, 0) is 42.5 Å². The van der Waals surface area contributed by atoms with Gasteiger partial charge in [0.2, 0.25) is 5.88 Å². The molecule has 0 bridgehead atoms. The summed E-state index contributed by atoms with van der Waals surface area (Å²) in [6.07, 6.45) is 6.94. The molecular weight excluding hydrogens is 400 g/mol. The van der Waals surface area contributed by atoms with Gasteiger partial charge in [-0.15, -0.1) is 0 Å². The Hall–Kier alpha value is -3.41. The van der Waals surface area contributed by atoms with Crippen LogP contribution in [0.4, 0.5) is 4.79 Å². The summed E-state index contributed by atoms with van der Waals surface area (Å²) in [5.41, 5.74) is 3.82. The van der Waals surface area contributed by atoms with Gasteiger partial charge in [0.05, 0.1) is 6.20 Å². The third kappa shape index (κ3) is 5.07. The van der Waals surface area contributed by atoms with E-state index < -0.39 is 0 Å². The first-order valence-corrected chi connectivity index (χ1v) is 11.5. The van der Waals surface area contributed by atoms with Crippen LogP contribution >= 0.6 is 0 Å². The van der Waals surface area contributed by atoms with Crippen molar-refractivity contribution in [3.8, 4) is 5.75 Å². The topological polar surface area (TPSA) is 65.6 Å². The van der Waals surface area contributed by atoms with E-state index in [1.807, 2.05) is 29.3 Å². The summed E-state index contributed by atoms with van der Waals surface area (Å²) in [5, 5.41) is 9.62.